The van der Waals surface area contributed by atoms with Crippen molar-refractivity contribution < 1.29 is 13.9 Å². The molecule has 3 N–H and O–H groups in total. The molecule has 0 aliphatic heterocycles. The molecule has 0 saturated heterocycles. The van der Waals surface area contributed by atoms with Crippen molar-refractivity contribution in [3.8, 4) is 0 Å². The zero-order chi connectivity index (χ0) is 12.7. The number of rotatable bonds is 7. The molecule has 1 rings (SSSR count). The minimum absolute atomic E-state index is 0.318. The Labute approximate surface area is 105 Å². The van der Waals surface area contributed by atoms with Gasteiger partial charge in [-0.25, -0.2) is 5.84 Å². The van der Waals surface area contributed by atoms with Crippen molar-refractivity contribution in [3.05, 3.63) is 23.2 Å². The summed E-state index contributed by atoms with van der Waals surface area (Å²) >= 11 is 1.75. The number of aryl methyl sites for hydroxylation is 1. The van der Waals surface area contributed by atoms with Crippen LogP contribution in [0.2, 0.25) is 0 Å². The van der Waals surface area contributed by atoms with Gasteiger partial charge in [0.1, 0.15) is 11.5 Å². The molecule has 6 heteroatoms. The van der Waals surface area contributed by atoms with Gasteiger partial charge in [0.15, 0.2) is 0 Å². The Balaban J connectivity index is 2.42. The molecule has 0 radical (unpaired) electrons. The van der Waals surface area contributed by atoms with Gasteiger partial charge in [-0.15, -0.1) is 0 Å². The Morgan fingerprint density at radius 3 is 3.06 bits per heavy atom. The summed E-state index contributed by atoms with van der Waals surface area (Å²) in [5.74, 6) is 7.91. The molecule has 1 heterocycles. The van der Waals surface area contributed by atoms with Gasteiger partial charge >= 0.3 is 0 Å². The predicted octanol–water partition coefficient (Wildman–Crippen LogP) is 1.46. The van der Waals surface area contributed by atoms with E-state index in [2.05, 4.69) is 5.43 Å². The minimum atomic E-state index is -0.318. The standard InChI is InChI=1S/C11H18N2O3S/c1-8-10(11(14)13-12)6-9(16-8)7-17-5-3-4-15-2/h6H,3-5,7,12H2,1-2H3,(H,13,14). The summed E-state index contributed by atoms with van der Waals surface area (Å²) in [6.07, 6.45) is 1.01. The van der Waals surface area contributed by atoms with Gasteiger partial charge in [-0.3, -0.25) is 10.2 Å². The van der Waals surface area contributed by atoms with Crippen molar-refractivity contribution >= 4 is 17.7 Å². The highest BCUT2D eigenvalue weighted by Gasteiger charge is 2.13. The third-order valence-electron chi connectivity index (χ3n) is 2.23. The molecule has 0 saturated carbocycles. The van der Waals surface area contributed by atoms with Crippen LogP contribution in [0.15, 0.2) is 10.5 Å². The number of nitrogen functional groups attached to an aromatic ring is 1. The fourth-order valence-electron chi connectivity index (χ4n) is 1.40. The van der Waals surface area contributed by atoms with Crippen LogP contribution in [0.3, 0.4) is 0 Å². The van der Waals surface area contributed by atoms with Crippen LogP contribution in [0, 0.1) is 6.92 Å². The molecule has 0 fully saturated rings. The van der Waals surface area contributed by atoms with Crippen LogP contribution in [0.4, 0.5) is 0 Å². The second kappa shape index (κ2) is 7.37. The van der Waals surface area contributed by atoms with Gasteiger partial charge in [0, 0.05) is 13.7 Å². The summed E-state index contributed by atoms with van der Waals surface area (Å²) in [5.41, 5.74) is 2.60. The van der Waals surface area contributed by atoms with E-state index in [1.54, 1.807) is 31.9 Å². The van der Waals surface area contributed by atoms with E-state index < -0.39 is 0 Å². The van der Waals surface area contributed by atoms with Crippen molar-refractivity contribution in [2.45, 2.75) is 19.1 Å². The highest BCUT2D eigenvalue weighted by molar-refractivity contribution is 7.98. The zero-order valence-electron chi connectivity index (χ0n) is 10.1. The number of carbonyl (C=O) groups is 1. The molecule has 0 unspecified atom stereocenters. The molecule has 0 spiro atoms. The maximum Gasteiger partial charge on any atom is 0.268 e. The molecule has 0 atom stereocenters. The molecule has 96 valence electrons. The van der Waals surface area contributed by atoms with Crippen molar-refractivity contribution in [3.63, 3.8) is 0 Å². The highest BCUT2D eigenvalue weighted by atomic mass is 32.2. The Morgan fingerprint density at radius 2 is 2.41 bits per heavy atom. The van der Waals surface area contributed by atoms with E-state index in [0.717, 1.165) is 30.3 Å². The molecule has 0 aliphatic carbocycles. The fourth-order valence-corrected chi connectivity index (χ4v) is 2.21. The smallest absolute Gasteiger partial charge is 0.268 e. The Hall–Kier alpha value is -0.980. The number of hydrogen-bond donors (Lipinski definition) is 2. The molecular weight excluding hydrogens is 240 g/mol. The van der Waals surface area contributed by atoms with E-state index in [4.69, 9.17) is 15.0 Å². The second-order valence-electron chi connectivity index (χ2n) is 3.55. The van der Waals surface area contributed by atoms with Gasteiger partial charge in [0.2, 0.25) is 0 Å². The lowest BCUT2D eigenvalue weighted by Gasteiger charge is -1.98. The summed E-state index contributed by atoms with van der Waals surface area (Å²) in [6.45, 7) is 2.52. The molecule has 17 heavy (non-hydrogen) atoms. The molecule has 0 bridgehead atoms. The first-order valence-corrected chi connectivity index (χ1v) is 6.51. The quantitative estimate of drug-likeness (QED) is 0.335. The third-order valence-corrected chi connectivity index (χ3v) is 3.29. The SMILES string of the molecule is COCCCSCc1cc(C(=O)NN)c(C)o1. The van der Waals surface area contributed by atoms with Crippen LogP contribution in [-0.2, 0) is 10.5 Å². The normalized spacial score (nSPS) is 10.5. The lowest BCUT2D eigenvalue weighted by atomic mass is 10.2. The van der Waals surface area contributed by atoms with Gasteiger partial charge in [-0.05, 0) is 25.2 Å². The van der Waals surface area contributed by atoms with Gasteiger partial charge in [-0.1, -0.05) is 0 Å². The van der Waals surface area contributed by atoms with Crippen LogP contribution in [0.5, 0.6) is 0 Å². The molecule has 1 aromatic rings. The lowest BCUT2D eigenvalue weighted by Crippen LogP contribution is -2.30. The van der Waals surface area contributed by atoms with Crippen molar-refractivity contribution in [1.82, 2.24) is 5.43 Å². The maximum absolute atomic E-state index is 11.3. The zero-order valence-corrected chi connectivity index (χ0v) is 10.9. The van der Waals surface area contributed by atoms with E-state index in [1.165, 1.54) is 0 Å². The summed E-state index contributed by atoms with van der Waals surface area (Å²) in [5, 5.41) is 0. The topological polar surface area (TPSA) is 77.5 Å². The van der Waals surface area contributed by atoms with Crippen LogP contribution in [0.25, 0.3) is 0 Å². The Morgan fingerprint density at radius 1 is 1.65 bits per heavy atom. The number of nitrogens with one attached hydrogen (secondary N) is 1. The van der Waals surface area contributed by atoms with E-state index in [9.17, 15) is 4.79 Å². The lowest BCUT2D eigenvalue weighted by molar-refractivity contribution is 0.0952. The summed E-state index contributed by atoms with van der Waals surface area (Å²) in [7, 11) is 1.69. The number of nitrogens with two attached hydrogens (primary N) is 1. The predicted molar refractivity (Wildman–Crippen MR) is 67.8 cm³/mol. The first-order chi connectivity index (χ1) is 8.19. The monoisotopic (exact) mass is 258 g/mol. The van der Waals surface area contributed by atoms with Gasteiger partial charge in [0.25, 0.3) is 5.91 Å². The van der Waals surface area contributed by atoms with Crippen LogP contribution < -0.4 is 11.3 Å². The maximum atomic E-state index is 11.3. The minimum Gasteiger partial charge on any atom is -0.465 e. The van der Waals surface area contributed by atoms with E-state index >= 15 is 0 Å². The molecule has 1 amide bonds. The third kappa shape index (κ3) is 4.41. The first-order valence-electron chi connectivity index (χ1n) is 5.36. The Kier molecular flexibility index (Phi) is 6.10. The number of carbonyl (C=O) groups excluding carboxylic acids is 1. The van der Waals surface area contributed by atoms with E-state index in [-0.39, 0.29) is 5.91 Å². The summed E-state index contributed by atoms with van der Waals surface area (Å²) in [6, 6.07) is 1.74. The van der Waals surface area contributed by atoms with Crippen LogP contribution in [0.1, 0.15) is 28.3 Å². The average Bonchev–Trinajstić information content (AvgIpc) is 2.69. The van der Waals surface area contributed by atoms with E-state index in [1.807, 2.05) is 0 Å². The number of hydrogen-bond acceptors (Lipinski definition) is 5. The molecule has 0 aromatic carbocycles. The number of amides is 1. The van der Waals surface area contributed by atoms with Crippen LogP contribution in [-0.4, -0.2) is 25.4 Å². The Bertz CT molecular complexity index is 366. The van der Waals surface area contributed by atoms with Crippen molar-refractivity contribution in [1.29, 1.82) is 0 Å². The van der Waals surface area contributed by atoms with Gasteiger partial charge in [-0.2, -0.15) is 11.8 Å². The number of furan rings is 1. The molecule has 0 aliphatic rings. The number of ether oxygens (including phenoxy) is 1. The fraction of sp³-hybridized carbons (Fsp3) is 0.545. The number of thioether (sulfide) groups is 1. The second-order valence-corrected chi connectivity index (χ2v) is 4.66. The number of hydrazine groups is 1. The number of methoxy groups -OCH3 is 1. The molecule has 1 aromatic heterocycles. The summed E-state index contributed by atoms with van der Waals surface area (Å²) in [4.78, 5) is 11.3. The molecule has 5 nitrogen and oxygen atoms in total. The summed E-state index contributed by atoms with van der Waals surface area (Å²) < 4.78 is 10.4. The van der Waals surface area contributed by atoms with Gasteiger partial charge in [0.05, 0.1) is 11.3 Å². The highest BCUT2D eigenvalue weighted by Crippen LogP contribution is 2.19. The first kappa shape index (κ1) is 14.1. The van der Waals surface area contributed by atoms with Crippen molar-refractivity contribution in [2.75, 3.05) is 19.5 Å². The van der Waals surface area contributed by atoms with Crippen molar-refractivity contribution in [2.24, 2.45) is 5.84 Å². The average molecular weight is 258 g/mol. The van der Waals surface area contributed by atoms with Crippen LogP contribution >= 0.6 is 11.8 Å². The van der Waals surface area contributed by atoms with E-state index in [0.29, 0.717) is 11.3 Å². The van der Waals surface area contributed by atoms with Gasteiger partial charge < -0.3 is 9.15 Å². The largest absolute Gasteiger partial charge is 0.465 e. The molecular formula is C11H18N2O3S.